The Morgan fingerprint density at radius 3 is 1.25 bits per heavy atom. The molecule has 1 aliphatic carbocycles. The van der Waals surface area contributed by atoms with Gasteiger partial charge in [-0.1, -0.05) is 85.8 Å². The van der Waals surface area contributed by atoms with Crippen LogP contribution in [0.25, 0.3) is 0 Å². The number of nitrogens with two attached hydrogens (primary N) is 1. The Morgan fingerprint density at radius 1 is 0.950 bits per heavy atom. The van der Waals surface area contributed by atoms with Gasteiger partial charge in [-0.3, -0.25) is 0 Å². The topological polar surface area (TPSA) is 26.0 Å². The second-order valence-electron chi connectivity index (χ2n) is 5.19. The first-order valence-corrected chi connectivity index (χ1v) is 8.12. The molecule has 0 heterocycles. The van der Waals surface area contributed by atoms with Gasteiger partial charge in [0.2, 0.25) is 0 Å². The van der Waals surface area contributed by atoms with Gasteiger partial charge in [-0.25, -0.2) is 0 Å². The van der Waals surface area contributed by atoms with Gasteiger partial charge >= 0.3 is 0 Å². The van der Waals surface area contributed by atoms with Crippen LogP contribution in [-0.2, 0) is 0 Å². The maximum atomic E-state index is 4.98. The lowest BCUT2D eigenvalue weighted by atomic mass is 9.80. The first-order valence-electron chi connectivity index (χ1n) is 8.12. The molecule has 1 nitrogen and oxygen atoms in total. The monoisotopic (exact) mass is 281 g/mol. The third-order valence-electron chi connectivity index (χ3n) is 3.38. The van der Waals surface area contributed by atoms with E-state index in [-0.39, 0.29) is 0 Å². The molecule has 2 N–H and O–H groups in total. The fourth-order valence-electron chi connectivity index (χ4n) is 2.05. The second-order valence-corrected chi connectivity index (χ2v) is 5.19. The summed E-state index contributed by atoms with van der Waals surface area (Å²) in [4.78, 5) is 0. The molecule has 0 amide bonds. The number of rotatable bonds is 3. The predicted molar refractivity (Wildman–Crippen MR) is 96.8 cm³/mol. The minimum absolute atomic E-state index is 0.519. The van der Waals surface area contributed by atoms with Crippen molar-refractivity contribution in [2.75, 3.05) is 0 Å². The van der Waals surface area contributed by atoms with Crippen molar-refractivity contribution in [3.63, 3.8) is 0 Å². The first kappa shape index (κ1) is 24.1. The van der Waals surface area contributed by atoms with Crippen LogP contribution in [0.15, 0.2) is 38.1 Å². The predicted octanol–water partition coefficient (Wildman–Crippen LogP) is 6.48. The molecule has 0 aliphatic heterocycles. The van der Waals surface area contributed by atoms with Crippen LogP contribution in [0.5, 0.6) is 0 Å². The van der Waals surface area contributed by atoms with Gasteiger partial charge in [-0.05, 0) is 17.9 Å². The molecule has 1 rings (SSSR count). The SMILES string of the molecule is C=C.C=CC(=C)N.CCC.CCC1CCC(CC)CC1. The van der Waals surface area contributed by atoms with Crippen molar-refractivity contribution in [2.24, 2.45) is 17.6 Å². The number of allylic oxidation sites excluding steroid dienone is 1. The van der Waals surface area contributed by atoms with Crippen molar-refractivity contribution in [2.45, 2.75) is 72.6 Å². The second kappa shape index (κ2) is 20.3. The Hall–Kier alpha value is -0.980. The molecule has 20 heavy (non-hydrogen) atoms. The van der Waals surface area contributed by atoms with E-state index >= 15 is 0 Å². The summed E-state index contributed by atoms with van der Waals surface area (Å²) in [5.41, 5.74) is 5.50. The Labute approximate surface area is 129 Å². The van der Waals surface area contributed by atoms with Crippen LogP contribution in [0.2, 0.25) is 0 Å². The van der Waals surface area contributed by atoms with Crippen LogP contribution in [0.1, 0.15) is 72.6 Å². The zero-order valence-corrected chi connectivity index (χ0v) is 14.6. The molecule has 0 unspecified atom stereocenters. The van der Waals surface area contributed by atoms with Crippen LogP contribution >= 0.6 is 0 Å². The van der Waals surface area contributed by atoms with Gasteiger partial charge in [-0.15, -0.1) is 13.2 Å². The third-order valence-corrected chi connectivity index (χ3v) is 3.38. The number of hydrogen-bond donors (Lipinski definition) is 1. The van der Waals surface area contributed by atoms with Gasteiger partial charge in [0.15, 0.2) is 0 Å². The minimum atomic E-state index is 0.519. The molecule has 0 spiro atoms. The van der Waals surface area contributed by atoms with Crippen molar-refractivity contribution in [3.8, 4) is 0 Å². The normalized spacial score (nSPS) is 19.8. The van der Waals surface area contributed by atoms with Gasteiger partial charge in [0.1, 0.15) is 0 Å². The standard InChI is InChI=1S/C10H20.C4H7N.C3H8.C2H4/c1-3-9-5-7-10(4-2)8-6-9;1-3-4(2)5;1-3-2;1-2/h9-10H,3-8H2,1-2H3;3H,1-2,5H2;3H2,1-2H3;1-2H2. The van der Waals surface area contributed by atoms with Gasteiger partial charge in [0.25, 0.3) is 0 Å². The molecule has 1 aliphatic rings. The van der Waals surface area contributed by atoms with E-state index < -0.39 is 0 Å². The summed E-state index contributed by atoms with van der Waals surface area (Å²) in [5.74, 6) is 2.14. The van der Waals surface area contributed by atoms with Gasteiger partial charge in [0.05, 0.1) is 0 Å². The Morgan fingerprint density at radius 2 is 1.15 bits per heavy atom. The van der Waals surface area contributed by atoms with Crippen LogP contribution in [0.4, 0.5) is 0 Å². The molecule has 0 aromatic heterocycles. The molecule has 0 atom stereocenters. The molecule has 1 heteroatoms. The van der Waals surface area contributed by atoms with Gasteiger partial charge < -0.3 is 5.73 Å². The van der Waals surface area contributed by atoms with E-state index in [1.807, 2.05) is 0 Å². The summed E-state index contributed by atoms with van der Waals surface area (Å²) >= 11 is 0. The largest absolute Gasteiger partial charge is 0.399 e. The minimum Gasteiger partial charge on any atom is -0.399 e. The fourth-order valence-corrected chi connectivity index (χ4v) is 2.05. The van der Waals surface area contributed by atoms with Gasteiger partial charge in [-0.2, -0.15) is 0 Å². The van der Waals surface area contributed by atoms with E-state index in [2.05, 4.69) is 54.0 Å². The molecule has 0 aromatic rings. The quantitative estimate of drug-likeness (QED) is 0.465. The summed E-state index contributed by atoms with van der Waals surface area (Å²) in [5, 5.41) is 0. The average Bonchev–Trinajstić information content (AvgIpc) is 2.50. The third kappa shape index (κ3) is 19.4. The molecule has 120 valence electrons. The lowest BCUT2D eigenvalue weighted by Gasteiger charge is -2.26. The summed E-state index contributed by atoms with van der Waals surface area (Å²) in [6.07, 6.45) is 11.6. The Balaban J connectivity index is -0.000000245. The highest BCUT2D eigenvalue weighted by molar-refractivity contribution is 5.04. The van der Waals surface area contributed by atoms with E-state index in [1.54, 1.807) is 0 Å². The Kier molecular flexibility index (Phi) is 24.5. The fraction of sp³-hybridized carbons (Fsp3) is 0.684. The van der Waals surface area contributed by atoms with E-state index in [0.29, 0.717) is 5.70 Å². The van der Waals surface area contributed by atoms with Crippen molar-refractivity contribution >= 4 is 0 Å². The van der Waals surface area contributed by atoms with Crippen LogP contribution in [-0.4, -0.2) is 0 Å². The molecular formula is C19H39N. The van der Waals surface area contributed by atoms with E-state index in [1.165, 1.54) is 51.0 Å². The smallest absolute Gasteiger partial charge is 0.0234 e. The van der Waals surface area contributed by atoms with E-state index in [4.69, 9.17) is 5.73 Å². The number of hydrogen-bond acceptors (Lipinski definition) is 1. The zero-order chi connectivity index (χ0) is 16.4. The molecule has 0 saturated heterocycles. The molecule has 1 saturated carbocycles. The maximum absolute atomic E-state index is 4.98. The molecule has 0 radical (unpaired) electrons. The maximum Gasteiger partial charge on any atom is 0.0234 e. The summed E-state index contributed by atoms with van der Waals surface area (Å²) in [7, 11) is 0. The summed E-state index contributed by atoms with van der Waals surface area (Å²) < 4.78 is 0. The van der Waals surface area contributed by atoms with Crippen LogP contribution < -0.4 is 5.73 Å². The lowest BCUT2D eigenvalue weighted by Crippen LogP contribution is -2.12. The van der Waals surface area contributed by atoms with E-state index in [9.17, 15) is 0 Å². The highest BCUT2D eigenvalue weighted by Gasteiger charge is 2.17. The molecule has 0 aromatic carbocycles. The Bertz CT molecular complexity index is 188. The van der Waals surface area contributed by atoms with Crippen molar-refractivity contribution in [3.05, 3.63) is 38.1 Å². The first-order chi connectivity index (χ1) is 9.55. The van der Waals surface area contributed by atoms with E-state index in [0.717, 1.165) is 11.8 Å². The van der Waals surface area contributed by atoms with Crippen LogP contribution in [0, 0.1) is 11.8 Å². The molecule has 0 bridgehead atoms. The summed E-state index contributed by atoms with van der Waals surface area (Å²) in [6, 6.07) is 0. The van der Waals surface area contributed by atoms with Crippen molar-refractivity contribution in [1.82, 2.24) is 0 Å². The van der Waals surface area contributed by atoms with Crippen molar-refractivity contribution in [1.29, 1.82) is 0 Å². The molecular weight excluding hydrogens is 242 g/mol. The van der Waals surface area contributed by atoms with Crippen molar-refractivity contribution < 1.29 is 0 Å². The highest BCUT2D eigenvalue weighted by Crippen LogP contribution is 2.31. The summed E-state index contributed by atoms with van der Waals surface area (Å²) in [6.45, 7) is 21.6. The zero-order valence-electron chi connectivity index (χ0n) is 14.6. The highest BCUT2D eigenvalue weighted by atomic mass is 14.5. The lowest BCUT2D eigenvalue weighted by molar-refractivity contribution is 0.264. The average molecular weight is 282 g/mol. The van der Waals surface area contributed by atoms with Crippen LogP contribution in [0.3, 0.4) is 0 Å². The van der Waals surface area contributed by atoms with Gasteiger partial charge in [0, 0.05) is 5.70 Å². The molecule has 1 fully saturated rings.